The highest BCUT2D eigenvalue weighted by molar-refractivity contribution is 7.20. The molecule has 3 rings (SSSR count). The number of aromatic nitrogens is 3. The number of anilines is 1. The Hall–Kier alpha value is -1.92. The minimum atomic E-state index is 0.417. The van der Waals surface area contributed by atoms with Gasteiger partial charge in [0.15, 0.2) is 0 Å². The van der Waals surface area contributed by atoms with E-state index >= 15 is 0 Å². The van der Waals surface area contributed by atoms with Gasteiger partial charge in [-0.1, -0.05) is 41.7 Å². The van der Waals surface area contributed by atoms with E-state index in [2.05, 4.69) is 64.7 Å². The van der Waals surface area contributed by atoms with Gasteiger partial charge in [0, 0.05) is 12.6 Å². The van der Waals surface area contributed by atoms with Crippen molar-refractivity contribution in [1.29, 1.82) is 0 Å². The largest absolute Gasteiger partial charge is 0.358 e. The highest BCUT2D eigenvalue weighted by Crippen LogP contribution is 2.19. The Morgan fingerprint density at radius 3 is 2.73 bits per heavy atom. The summed E-state index contributed by atoms with van der Waals surface area (Å²) in [5.74, 6) is 0. The number of rotatable bonds is 6. The van der Waals surface area contributed by atoms with Crippen LogP contribution in [0.5, 0.6) is 0 Å². The summed E-state index contributed by atoms with van der Waals surface area (Å²) < 4.78 is 1.84. The van der Waals surface area contributed by atoms with Crippen molar-refractivity contribution in [3.05, 3.63) is 47.8 Å². The van der Waals surface area contributed by atoms with E-state index in [4.69, 9.17) is 0 Å². The average molecular weight is 315 g/mol. The first-order valence-corrected chi connectivity index (χ1v) is 8.20. The Labute approximate surface area is 134 Å². The van der Waals surface area contributed by atoms with Crippen LogP contribution in [0.1, 0.15) is 11.3 Å². The fraction of sp³-hybridized carbons (Fsp3) is 0.375. The lowest BCUT2D eigenvalue weighted by molar-refractivity contribution is 0.303. The molecule has 116 valence electrons. The van der Waals surface area contributed by atoms with Crippen LogP contribution in [0.25, 0.3) is 4.96 Å². The molecule has 1 unspecified atom stereocenters. The molecule has 0 saturated carbocycles. The lowest BCUT2D eigenvalue weighted by Gasteiger charge is -2.24. The zero-order valence-electron chi connectivity index (χ0n) is 13.2. The topological polar surface area (TPSA) is 45.5 Å². The van der Waals surface area contributed by atoms with Gasteiger partial charge in [-0.05, 0) is 33.0 Å². The van der Waals surface area contributed by atoms with Crippen LogP contribution >= 0.6 is 11.3 Å². The normalized spacial score (nSPS) is 12.9. The van der Waals surface area contributed by atoms with Gasteiger partial charge in [0.05, 0.1) is 11.9 Å². The molecule has 0 bridgehead atoms. The molecule has 0 aliphatic heterocycles. The second-order valence-corrected chi connectivity index (χ2v) is 6.66. The zero-order chi connectivity index (χ0) is 15.5. The van der Waals surface area contributed by atoms with Gasteiger partial charge in [-0.2, -0.15) is 0 Å². The molecule has 3 aromatic rings. The predicted molar refractivity (Wildman–Crippen MR) is 91.7 cm³/mol. The number of nitrogens with zero attached hydrogens (tertiary/aromatic N) is 4. The number of imidazole rings is 1. The molecule has 6 heteroatoms. The molecule has 1 aromatic carbocycles. The smallest absolute Gasteiger partial charge is 0.214 e. The Bertz CT molecular complexity index is 700. The van der Waals surface area contributed by atoms with E-state index in [1.165, 1.54) is 5.56 Å². The molecule has 0 amide bonds. The molecule has 0 saturated heterocycles. The van der Waals surface area contributed by atoms with Crippen LogP contribution in [-0.4, -0.2) is 46.2 Å². The monoisotopic (exact) mass is 315 g/mol. The van der Waals surface area contributed by atoms with Gasteiger partial charge >= 0.3 is 0 Å². The third-order valence-corrected chi connectivity index (χ3v) is 4.58. The van der Waals surface area contributed by atoms with Crippen molar-refractivity contribution in [2.45, 2.75) is 19.4 Å². The molecule has 2 aromatic heterocycles. The van der Waals surface area contributed by atoms with Crippen molar-refractivity contribution >= 4 is 21.4 Å². The zero-order valence-corrected chi connectivity index (χ0v) is 14.0. The Morgan fingerprint density at radius 1 is 1.27 bits per heavy atom. The number of likely N-dealkylation sites (N-methyl/N-ethyl adjacent to an activating group) is 1. The molecule has 1 N–H and O–H groups in total. The van der Waals surface area contributed by atoms with E-state index in [1.54, 1.807) is 11.3 Å². The number of fused-ring (bicyclic) bond motifs is 1. The second-order valence-electron chi connectivity index (χ2n) is 5.70. The first-order valence-electron chi connectivity index (χ1n) is 7.39. The summed E-state index contributed by atoms with van der Waals surface area (Å²) in [7, 11) is 4.24. The molecular weight excluding hydrogens is 294 g/mol. The number of benzene rings is 1. The highest BCUT2D eigenvalue weighted by Gasteiger charge is 2.13. The Kier molecular flexibility index (Phi) is 4.40. The minimum absolute atomic E-state index is 0.417. The maximum atomic E-state index is 4.51. The molecule has 0 aliphatic carbocycles. The number of aryl methyl sites for hydroxylation is 1. The maximum Gasteiger partial charge on any atom is 0.214 e. The van der Waals surface area contributed by atoms with Crippen molar-refractivity contribution < 1.29 is 0 Å². The summed E-state index contributed by atoms with van der Waals surface area (Å²) >= 11 is 1.59. The van der Waals surface area contributed by atoms with Crippen molar-refractivity contribution in [3.8, 4) is 0 Å². The quantitative estimate of drug-likeness (QED) is 0.760. The number of hydrogen-bond acceptors (Lipinski definition) is 5. The van der Waals surface area contributed by atoms with Gasteiger partial charge in [0.2, 0.25) is 10.1 Å². The summed E-state index contributed by atoms with van der Waals surface area (Å²) in [5.41, 5.74) is 2.35. The van der Waals surface area contributed by atoms with Crippen molar-refractivity contribution in [2.75, 3.05) is 26.0 Å². The standard InChI is InChI=1S/C16H21N5S/c1-12-11-21-16(18-12)22-15(19-21)17-10-14(20(2)3)9-13-7-5-4-6-8-13/h4-8,11,14H,9-10H2,1-3H3,(H,17,19). The number of hydrogen-bond donors (Lipinski definition) is 1. The first kappa shape index (κ1) is 15.0. The van der Waals surface area contributed by atoms with Gasteiger partial charge < -0.3 is 10.2 Å². The molecule has 1 atom stereocenters. The summed E-state index contributed by atoms with van der Waals surface area (Å²) in [6, 6.07) is 11.0. The fourth-order valence-electron chi connectivity index (χ4n) is 2.41. The molecule has 22 heavy (non-hydrogen) atoms. The molecule has 0 aliphatic rings. The van der Waals surface area contributed by atoms with E-state index in [-0.39, 0.29) is 0 Å². The van der Waals surface area contributed by atoms with Crippen molar-refractivity contribution in [2.24, 2.45) is 0 Å². The summed E-state index contributed by atoms with van der Waals surface area (Å²) in [5, 5.41) is 8.88. The lowest BCUT2D eigenvalue weighted by Crippen LogP contribution is -2.36. The van der Waals surface area contributed by atoms with Crippen LogP contribution in [0.3, 0.4) is 0 Å². The van der Waals surface area contributed by atoms with Gasteiger partial charge in [-0.25, -0.2) is 9.50 Å². The van der Waals surface area contributed by atoms with Gasteiger partial charge in [0.1, 0.15) is 0 Å². The first-order chi connectivity index (χ1) is 10.6. The van der Waals surface area contributed by atoms with Crippen LogP contribution in [0.2, 0.25) is 0 Å². The van der Waals surface area contributed by atoms with Crippen LogP contribution < -0.4 is 5.32 Å². The SMILES string of the molecule is Cc1cn2nc(NCC(Cc3ccccc3)N(C)C)sc2n1. The molecule has 0 radical (unpaired) electrons. The lowest BCUT2D eigenvalue weighted by atomic mass is 10.1. The molecule has 0 fully saturated rings. The van der Waals surface area contributed by atoms with Crippen LogP contribution in [0.4, 0.5) is 5.13 Å². The van der Waals surface area contributed by atoms with Gasteiger partial charge in [-0.15, -0.1) is 5.10 Å². The van der Waals surface area contributed by atoms with Gasteiger partial charge in [0.25, 0.3) is 0 Å². The van der Waals surface area contributed by atoms with E-state index in [9.17, 15) is 0 Å². The fourth-order valence-corrected chi connectivity index (χ4v) is 3.24. The minimum Gasteiger partial charge on any atom is -0.358 e. The highest BCUT2D eigenvalue weighted by atomic mass is 32.1. The van der Waals surface area contributed by atoms with E-state index < -0.39 is 0 Å². The van der Waals surface area contributed by atoms with E-state index in [0.717, 1.165) is 28.8 Å². The predicted octanol–water partition coefficient (Wildman–Crippen LogP) is 2.68. The van der Waals surface area contributed by atoms with E-state index in [0.29, 0.717) is 6.04 Å². The molecule has 5 nitrogen and oxygen atoms in total. The van der Waals surface area contributed by atoms with E-state index in [1.807, 2.05) is 17.6 Å². The van der Waals surface area contributed by atoms with Crippen LogP contribution in [0, 0.1) is 6.92 Å². The molecular formula is C16H21N5S. The molecule has 0 spiro atoms. The molecule has 2 heterocycles. The third-order valence-electron chi connectivity index (χ3n) is 3.70. The summed E-state index contributed by atoms with van der Waals surface area (Å²) in [6.07, 6.45) is 2.97. The Morgan fingerprint density at radius 2 is 2.05 bits per heavy atom. The average Bonchev–Trinajstić information content (AvgIpc) is 3.01. The second kappa shape index (κ2) is 6.46. The van der Waals surface area contributed by atoms with Crippen molar-refractivity contribution in [1.82, 2.24) is 19.5 Å². The van der Waals surface area contributed by atoms with Crippen LogP contribution in [0.15, 0.2) is 36.5 Å². The van der Waals surface area contributed by atoms with Crippen molar-refractivity contribution in [3.63, 3.8) is 0 Å². The Balaban J connectivity index is 1.64. The number of nitrogens with one attached hydrogen (secondary N) is 1. The van der Waals surface area contributed by atoms with Crippen LogP contribution in [-0.2, 0) is 6.42 Å². The summed E-state index contributed by atoms with van der Waals surface area (Å²) in [6.45, 7) is 2.84. The maximum absolute atomic E-state index is 4.51. The summed E-state index contributed by atoms with van der Waals surface area (Å²) in [4.78, 5) is 7.62. The third kappa shape index (κ3) is 3.45. The van der Waals surface area contributed by atoms with Gasteiger partial charge in [-0.3, -0.25) is 0 Å².